The molecule has 3 N–H and O–H groups in total. The summed E-state index contributed by atoms with van der Waals surface area (Å²) in [5.74, 6) is -0.307. The molecule has 1 rings (SSSR count). The maximum atomic E-state index is 12.1. The third-order valence-corrected chi connectivity index (χ3v) is 2.76. The van der Waals surface area contributed by atoms with Gasteiger partial charge in [-0.2, -0.15) is 0 Å². The fraction of sp³-hybridized carbons (Fsp3) is 0.467. The number of anilines is 1. The van der Waals surface area contributed by atoms with E-state index >= 15 is 0 Å². The van der Waals surface area contributed by atoms with Crippen molar-refractivity contribution in [2.75, 3.05) is 25.5 Å². The van der Waals surface area contributed by atoms with E-state index in [9.17, 15) is 9.59 Å². The number of carbonyl (C=O) groups is 2. The number of amides is 2. The Hall–Kier alpha value is -1.88. The summed E-state index contributed by atoms with van der Waals surface area (Å²) >= 11 is 0. The highest BCUT2D eigenvalue weighted by Crippen LogP contribution is 2.20. The molecule has 0 spiro atoms. The molecule has 0 heterocycles. The van der Waals surface area contributed by atoms with Gasteiger partial charge < -0.3 is 16.0 Å². The van der Waals surface area contributed by atoms with Crippen LogP contribution in [0.5, 0.6) is 0 Å². The smallest absolute Gasteiger partial charge is 0.253 e. The van der Waals surface area contributed by atoms with E-state index in [2.05, 4.69) is 16.0 Å². The minimum Gasteiger partial charge on any atom is -0.351 e. The average Bonchev–Trinajstić information content (AvgIpc) is 2.38. The van der Waals surface area contributed by atoms with Crippen LogP contribution in [0.4, 0.5) is 5.69 Å². The number of hydrogen-bond donors (Lipinski definition) is 3. The number of hydrogen-bond acceptors (Lipinski definition) is 3. The van der Waals surface area contributed by atoms with Crippen LogP contribution in [0.15, 0.2) is 24.3 Å². The van der Waals surface area contributed by atoms with Crippen molar-refractivity contribution in [3.05, 3.63) is 29.8 Å². The largest absolute Gasteiger partial charge is 0.351 e. The highest BCUT2D eigenvalue weighted by Gasteiger charge is 2.22. The summed E-state index contributed by atoms with van der Waals surface area (Å²) in [6.45, 7) is 6.73. The van der Waals surface area contributed by atoms with E-state index < -0.39 is 5.41 Å². The van der Waals surface area contributed by atoms with Crippen molar-refractivity contribution in [1.29, 1.82) is 0 Å². The molecule has 1 aromatic carbocycles. The zero-order valence-corrected chi connectivity index (χ0v) is 12.5. The molecule has 5 nitrogen and oxygen atoms in total. The SMILES string of the molecule is CNCCNC(=O)c1ccccc1NC(=O)C(C)(C)C. The van der Waals surface area contributed by atoms with Crippen molar-refractivity contribution in [2.24, 2.45) is 5.41 Å². The second kappa shape index (κ2) is 7.05. The van der Waals surface area contributed by atoms with E-state index in [1.165, 1.54) is 0 Å². The van der Waals surface area contributed by atoms with E-state index in [-0.39, 0.29) is 11.8 Å². The molecule has 0 unspecified atom stereocenters. The fourth-order valence-electron chi connectivity index (χ4n) is 1.50. The standard InChI is InChI=1S/C15H23N3O2/c1-15(2,3)14(20)18-12-8-6-5-7-11(12)13(19)17-10-9-16-4/h5-8,16H,9-10H2,1-4H3,(H,17,19)(H,18,20). The van der Waals surface area contributed by atoms with Gasteiger partial charge in [0.05, 0.1) is 11.3 Å². The number of carbonyl (C=O) groups excluding carboxylic acids is 2. The number of benzene rings is 1. The summed E-state index contributed by atoms with van der Waals surface area (Å²) in [4.78, 5) is 24.1. The van der Waals surface area contributed by atoms with E-state index in [0.717, 1.165) is 0 Å². The first-order valence-corrected chi connectivity index (χ1v) is 6.69. The third-order valence-electron chi connectivity index (χ3n) is 2.76. The van der Waals surface area contributed by atoms with Crippen LogP contribution in [0.2, 0.25) is 0 Å². The summed E-state index contributed by atoms with van der Waals surface area (Å²) in [6, 6.07) is 7.01. The minimum absolute atomic E-state index is 0.118. The lowest BCUT2D eigenvalue weighted by molar-refractivity contribution is -0.123. The van der Waals surface area contributed by atoms with Crippen molar-refractivity contribution in [1.82, 2.24) is 10.6 Å². The first kappa shape index (κ1) is 16.2. The molecule has 0 radical (unpaired) electrons. The first-order valence-electron chi connectivity index (χ1n) is 6.69. The molecule has 0 aromatic heterocycles. The van der Waals surface area contributed by atoms with Crippen LogP contribution in [0.1, 0.15) is 31.1 Å². The van der Waals surface area contributed by atoms with Crippen molar-refractivity contribution in [3.63, 3.8) is 0 Å². The van der Waals surface area contributed by atoms with Crippen LogP contribution in [-0.4, -0.2) is 32.0 Å². The molecule has 110 valence electrons. The lowest BCUT2D eigenvalue weighted by Crippen LogP contribution is -2.32. The quantitative estimate of drug-likeness (QED) is 0.716. The van der Waals surface area contributed by atoms with Gasteiger partial charge in [0.15, 0.2) is 0 Å². The van der Waals surface area contributed by atoms with Crippen molar-refractivity contribution in [2.45, 2.75) is 20.8 Å². The molecular weight excluding hydrogens is 254 g/mol. The van der Waals surface area contributed by atoms with Gasteiger partial charge in [0.2, 0.25) is 5.91 Å². The molecule has 5 heteroatoms. The topological polar surface area (TPSA) is 70.2 Å². The fourth-order valence-corrected chi connectivity index (χ4v) is 1.50. The summed E-state index contributed by atoms with van der Waals surface area (Å²) in [7, 11) is 1.82. The Balaban J connectivity index is 2.83. The monoisotopic (exact) mass is 277 g/mol. The second-order valence-corrected chi connectivity index (χ2v) is 5.61. The lowest BCUT2D eigenvalue weighted by Gasteiger charge is -2.19. The summed E-state index contributed by atoms with van der Waals surface area (Å²) in [6.07, 6.45) is 0. The van der Waals surface area contributed by atoms with Crippen LogP contribution in [0, 0.1) is 5.41 Å². The zero-order valence-electron chi connectivity index (χ0n) is 12.5. The van der Waals surface area contributed by atoms with Gasteiger partial charge >= 0.3 is 0 Å². The highest BCUT2D eigenvalue weighted by molar-refractivity contribution is 6.04. The molecular formula is C15H23N3O2. The Bertz CT molecular complexity index is 478. The van der Waals surface area contributed by atoms with Crippen LogP contribution < -0.4 is 16.0 Å². The minimum atomic E-state index is -0.504. The molecule has 0 aliphatic rings. The zero-order chi connectivity index (χ0) is 15.2. The Kier molecular flexibility index (Phi) is 5.70. The van der Waals surface area contributed by atoms with Gasteiger partial charge in [-0.15, -0.1) is 0 Å². The Morgan fingerprint density at radius 2 is 1.75 bits per heavy atom. The van der Waals surface area contributed by atoms with Gasteiger partial charge in [-0.1, -0.05) is 32.9 Å². The Morgan fingerprint density at radius 1 is 1.10 bits per heavy atom. The Morgan fingerprint density at radius 3 is 2.35 bits per heavy atom. The van der Waals surface area contributed by atoms with Gasteiger partial charge in [0, 0.05) is 18.5 Å². The van der Waals surface area contributed by atoms with Crippen molar-refractivity contribution >= 4 is 17.5 Å². The van der Waals surface area contributed by atoms with E-state index in [1.807, 2.05) is 27.8 Å². The molecule has 0 saturated heterocycles. The van der Waals surface area contributed by atoms with Crippen molar-refractivity contribution < 1.29 is 9.59 Å². The van der Waals surface area contributed by atoms with E-state index in [1.54, 1.807) is 24.3 Å². The number of likely N-dealkylation sites (N-methyl/N-ethyl adjacent to an activating group) is 1. The maximum Gasteiger partial charge on any atom is 0.253 e. The molecule has 0 atom stereocenters. The molecule has 0 saturated carbocycles. The highest BCUT2D eigenvalue weighted by atomic mass is 16.2. The third kappa shape index (κ3) is 4.66. The molecule has 0 aliphatic heterocycles. The van der Waals surface area contributed by atoms with Crippen molar-refractivity contribution in [3.8, 4) is 0 Å². The van der Waals surface area contributed by atoms with Gasteiger partial charge in [0.1, 0.15) is 0 Å². The Labute approximate surface area is 120 Å². The predicted molar refractivity (Wildman–Crippen MR) is 80.8 cm³/mol. The van der Waals surface area contributed by atoms with Gasteiger partial charge in [-0.25, -0.2) is 0 Å². The first-order chi connectivity index (χ1) is 9.36. The lowest BCUT2D eigenvalue weighted by atomic mass is 9.95. The van der Waals surface area contributed by atoms with Gasteiger partial charge in [-0.3, -0.25) is 9.59 Å². The normalized spacial score (nSPS) is 11.0. The molecule has 0 aliphatic carbocycles. The maximum absolute atomic E-state index is 12.1. The van der Waals surface area contributed by atoms with E-state index in [4.69, 9.17) is 0 Å². The average molecular weight is 277 g/mol. The van der Waals surface area contributed by atoms with Crippen LogP contribution >= 0.6 is 0 Å². The number of nitrogens with one attached hydrogen (secondary N) is 3. The molecule has 1 aromatic rings. The molecule has 20 heavy (non-hydrogen) atoms. The van der Waals surface area contributed by atoms with Crippen LogP contribution in [-0.2, 0) is 4.79 Å². The van der Waals surface area contributed by atoms with Gasteiger partial charge in [0.25, 0.3) is 5.91 Å². The molecule has 2 amide bonds. The summed E-state index contributed by atoms with van der Waals surface area (Å²) in [5.41, 5.74) is 0.506. The second-order valence-electron chi connectivity index (χ2n) is 5.61. The summed E-state index contributed by atoms with van der Waals surface area (Å²) in [5, 5.41) is 8.56. The molecule has 0 fully saturated rings. The molecule has 0 bridgehead atoms. The predicted octanol–water partition coefficient (Wildman–Crippen LogP) is 1.62. The van der Waals surface area contributed by atoms with Gasteiger partial charge in [-0.05, 0) is 19.2 Å². The van der Waals surface area contributed by atoms with Crippen LogP contribution in [0.3, 0.4) is 0 Å². The van der Waals surface area contributed by atoms with Crippen LogP contribution in [0.25, 0.3) is 0 Å². The number of rotatable bonds is 5. The number of para-hydroxylation sites is 1. The summed E-state index contributed by atoms with van der Waals surface area (Å²) < 4.78 is 0. The van der Waals surface area contributed by atoms with E-state index in [0.29, 0.717) is 24.3 Å².